The Bertz CT molecular complexity index is 640. The SMILES string of the molecule is CC1(C)OB(C(=Cc2ccc(C(F)(F)F)c(Cl)c2)CO)OC1(C)C. The molecular weight excluding hydrogens is 343 g/mol. The van der Waals surface area contributed by atoms with Crippen LogP contribution in [-0.4, -0.2) is 30.0 Å². The number of halogens is 4. The van der Waals surface area contributed by atoms with E-state index in [0.29, 0.717) is 11.0 Å². The van der Waals surface area contributed by atoms with Crippen molar-refractivity contribution in [2.75, 3.05) is 6.61 Å². The predicted molar refractivity (Wildman–Crippen MR) is 87.6 cm³/mol. The second kappa shape index (κ2) is 6.37. The van der Waals surface area contributed by atoms with E-state index >= 15 is 0 Å². The molecule has 1 aromatic rings. The quantitative estimate of drug-likeness (QED) is 0.812. The second-order valence-corrected chi connectivity index (χ2v) is 7.11. The van der Waals surface area contributed by atoms with Crippen LogP contribution in [0.3, 0.4) is 0 Å². The number of aliphatic hydroxyl groups excluding tert-OH is 1. The molecule has 1 aliphatic heterocycles. The summed E-state index contributed by atoms with van der Waals surface area (Å²) in [5, 5.41) is 9.20. The number of hydrogen-bond donors (Lipinski definition) is 1. The molecule has 0 radical (unpaired) electrons. The lowest BCUT2D eigenvalue weighted by atomic mass is 9.77. The third kappa shape index (κ3) is 3.80. The molecule has 0 aromatic heterocycles. The highest BCUT2D eigenvalue weighted by Gasteiger charge is 2.52. The highest BCUT2D eigenvalue weighted by molar-refractivity contribution is 6.55. The molecule has 0 bridgehead atoms. The van der Waals surface area contributed by atoms with Gasteiger partial charge in [0.15, 0.2) is 0 Å². The Morgan fingerprint density at radius 2 is 1.75 bits per heavy atom. The van der Waals surface area contributed by atoms with Crippen molar-refractivity contribution in [1.29, 1.82) is 0 Å². The van der Waals surface area contributed by atoms with Crippen LogP contribution in [0.5, 0.6) is 0 Å². The molecule has 0 atom stereocenters. The maximum Gasteiger partial charge on any atom is 0.492 e. The fourth-order valence-electron chi connectivity index (χ4n) is 2.25. The summed E-state index contributed by atoms with van der Waals surface area (Å²) in [5.74, 6) is 0. The van der Waals surface area contributed by atoms with Crippen molar-refractivity contribution in [3.05, 3.63) is 39.8 Å². The first kappa shape index (κ1) is 19.3. The summed E-state index contributed by atoms with van der Waals surface area (Å²) in [4.78, 5) is 0. The lowest BCUT2D eigenvalue weighted by Crippen LogP contribution is -2.41. The van der Waals surface area contributed by atoms with Gasteiger partial charge in [0.2, 0.25) is 0 Å². The number of benzene rings is 1. The van der Waals surface area contributed by atoms with Crippen LogP contribution >= 0.6 is 11.6 Å². The first-order valence-corrected chi connectivity index (χ1v) is 7.79. The zero-order chi connectivity index (χ0) is 18.3. The van der Waals surface area contributed by atoms with Gasteiger partial charge in [-0.2, -0.15) is 13.2 Å². The lowest BCUT2D eigenvalue weighted by Gasteiger charge is -2.32. The second-order valence-electron chi connectivity index (χ2n) is 6.70. The Balaban J connectivity index is 2.31. The fourth-order valence-corrected chi connectivity index (χ4v) is 2.54. The first-order valence-electron chi connectivity index (χ1n) is 7.41. The van der Waals surface area contributed by atoms with Gasteiger partial charge in [0.05, 0.1) is 28.4 Å². The monoisotopic (exact) mass is 362 g/mol. The molecule has 1 N–H and O–H groups in total. The Hall–Kier alpha value is -1.02. The summed E-state index contributed by atoms with van der Waals surface area (Å²) in [6.07, 6.45) is -2.99. The summed E-state index contributed by atoms with van der Waals surface area (Å²) >= 11 is 5.72. The molecule has 2 rings (SSSR count). The van der Waals surface area contributed by atoms with Crippen molar-refractivity contribution in [1.82, 2.24) is 0 Å². The van der Waals surface area contributed by atoms with E-state index in [-0.39, 0.29) is 6.61 Å². The molecule has 0 spiro atoms. The van der Waals surface area contributed by atoms with Gasteiger partial charge in [-0.1, -0.05) is 23.7 Å². The van der Waals surface area contributed by atoms with Crippen LogP contribution in [0.1, 0.15) is 38.8 Å². The van der Waals surface area contributed by atoms with Crippen molar-refractivity contribution in [3.8, 4) is 0 Å². The average molecular weight is 363 g/mol. The third-order valence-electron chi connectivity index (χ3n) is 4.39. The molecule has 24 heavy (non-hydrogen) atoms. The minimum Gasteiger partial charge on any atom is -0.400 e. The van der Waals surface area contributed by atoms with Crippen molar-refractivity contribution in [2.24, 2.45) is 0 Å². The van der Waals surface area contributed by atoms with Gasteiger partial charge in [0, 0.05) is 0 Å². The summed E-state index contributed by atoms with van der Waals surface area (Å²) < 4.78 is 49.9. The van der Waals surface area contributed by atoms with Gasteiger partial charge in [0.25, 0.3) is 0 Å². The molecule has 1 fully saturated rings. The van der Waals surface area contributed by atoms with Crippen LogP contribution < -0.4 is 0 Å². The van der Waals surface area contributed by atoms with Crippen molar-refractivity contribution in [2.45, 2.75) is 45.1 Å². The number of rotatable bonds is 3. The molecule has 0 aliphatic carbocycles. The molecule has 1 aliphatic rings. The van der Waals surface area contributed by atoms with Crippen LogP contribution in [0, 0.1) is 0 Å². The lowest BCUT2D eigenvalue weighted by molar-refractivity contribution is -0.137. The van der Waals surface area contributed by atoms with E-state index in [9.17, 15) is 18.3 Å². The Morgan fingerprint density at radius 1 is 1.21 bits per heavy atom. The highest BCUT2D eigenvalue weighted by atomic mass is 35.5. The molecule has 1 heterocycles. The molecule has 1 aromatic carbocycles. The van der Waals surface area contributed by atoms with Gasteiger partial charge in [-0.25, -0.2) is 0 Å². The Labute approximate surface area is 144 Å². The minimum absolute atomic E-state index is 0.352. The van der Waals surface area contributed by atoms with E-state index in [1.807, 2.05) is 27.7 Å². The van der Waals surface area contributed by atoms with Crippen LogP contribution in [0.4, 0.5) is 13.2 Å². The molecule has 3 nitrogen and oxygen atoms in total. The zero-order valence-corrected chi connectivity index (χ0v) is 14.6. The van der Waals surface area contributed by atoms with Crippen LogP contribution in [-0.2, 0) is 15.5 Å². The zero-order valence-electron chi connectivity index (χ0n) is 13.9. The van der Waals surface area contributed by atoms with E-state index in [1.165, 1.54) is 18.2 Å². The minimum atomic E-state index is -4.51. The molecule has 1 saturated heterocycles. The van der Waals surface area contributed by atoms with E-state index in [1.54, 1.807) is 0 Å². The summed E-state index contributed by atoms with van der Waals surface area (Å²) in [6.45, 7) is 7.14. The smallest absolute Gasteiger partial charge is 0.400 e. The van der Waals surface area contributed by atoms with Crippen LogP contribution in [0.25, 0.3) is 6.08 Å². The first-order chi connectivity index (χ1) is 10.9. The molecule has 0 amide bonds. The van der Waals surface area contributed by atoms with E-state index in [4.69, 9.17) is 20.9 Å². The van der Waals surface area contributed by atoms with Crippen molar-refractivity contribution in [3.63, 3.8) is 0 Å². The van der Waals surface area contributed by atoms with Gasteiger partial charge in [-0.05, 0) is 50.9 Å². The molecule has 0 unspecified atom stereocenters. The summed E-state index contributed by atoms with van der Waals surface area (Å²) in [7, 11) is -0.777. The van der Waals surface area contributed by atoms with Gasteiger partial charge >= 0.3 is 13.3 Å². The van der Waals surface area contributed by atoms with Gasteiger partial charge < -0.3 is 14.4 Å². The van der Waals surface area contributed by atoms with Crippen molar-refractivity contribution < 1.29 is 27.6 Å². The maximum atomic E-state index is 12.7. The molecular formula is C16H19BClF3O3. The number of alkyl halides is 3. The summed E-state index contributed by atoms with van der Waals surface area (Å²) in [6, 6.07) is 3.40. The third-order valence-corrected chi connectivity index (χ3v) is 4.70. The van der Waals surface area contributed by atoms with E-state index < -0.39 is 35.1 Å². The average Bonchev–Trinajstić information content (AvgIpc) is 2.63. The highest BCUT2D eigenvalue weighted by Crippen LogP contribution is 2.39. The van der Waals surface area contributed by atoms with Gasteiger partial charge in [-0.15, -0.1) is 0 Å². The van der Waals surface area contributed by atoms with E-state index in [2.05, 4.69) is 0 Å². The van der Waals surface area contributed by atoms with Gasteiger partial charge in [0.1, 0.15) is 0 Å². The molecule has 132 valence electrons. The van der Waals surface area contributed by atoms with E-state index in [0.717, 1.165) is 6.07 Å². The van der Waals surface area contributed by atoms with Gasteiger partial charge in [-0.3, -0.25) is 0 Å². The van der Waals surface area contributed by atoms with Crippen LogP contribution in [0.15, 0.2) is 23.7 Å². The predicted octanol–water partition coefficient (Wildman–Crippen LogP) is 4.37. The summed E-state index contributed by atoms with van der Waals surface area (Å²) in [5.41, 5.74) is -1.23. The topological polar surface area (TPSA) is 38.7 Å². The normalized spacial score (nSPS) is 20.5. The van der Waals surface area contributed by atoms with Crippen LogP contribution in [0.2, 0.25) is 5.02 Å². The number of hydrogen-bond acceptors (Lipinski definition) is 3. The molecule has 0 saturated carbocycles. The molecule has 8 heteroatoms. The van der Waals surface area contributed by atoms with Crippen molar-refractivity contribution >= 4 is 24.8 Å². The number of aliphatic hydroxyl groups is 1. The fraction of sp³-hybridized carbons (Fsp3) is 0.500. The Kier molecular flexibility index (Phi) is 5.13. The Morgan fingerprint density at radius 3 is 2.17 bits per heavy atom. The maximum absolute atomic E-state index is 12.7. The largest absolute Gasteiger partial charge is 0.492 e. The standard InChI is InChI=1S/C16H19BClF3O3/c1-14(2)15(3,4)24-17(23-14)11(9-22)7-10-5-6-12(13(18)8-10)16(19,20)21/h5-8,22H,9H2,1-4H3.